The number of aliphatic hydroxyl groups excluding tert-OH is 1. The van der Waals surface area contributed by atoms with Gasteiger partial charge in [-0.05, 0) is 17.4 Å². The molecule has 1 N–H and O–H groups in total. The second-order valence-electron chi connectivity index (χ2n) is 3.59. The fourth-order valence-electron chi connectivity index (χ4n) is 1.60. The molecule has 2 atom stereocenters. The first-order valence-corrected chi connectivity index (χ1v) is 4.88. The summed E-state index contributed by atoms with van der Waals surface area (Å²) >= 11 is 0. The maximum atomic E-state index is 9.12. The van der Waals surface area contributed by atoms with Crippen LogP contribution in [0.5, 0.6) is 0 Å². The van der Waals surface area contributed by atoms with E-state index >= 15 is 0 Å². The molecule has 1 aromatic rings. The molecule has 0 radical (unpaired) electrons. The molecule has 74 valence electrons. The quantitative estimate of drug-likeness (QED) is 0.719. The van der Waals surface area contributed by atoms with E-state index in [2.05, 4.69) is 18.1 Å². The van der Waals surface area contributed by atoms with E-state index in [0.717, 1.165) is 0 Å². The normalized spacial score (nSPS) is 14.4. The minimum Gasteiger partial charge on any atom is -0.396 e. The second kappa shape index (κ2) is 5.47. The average Bonchev–Trinajstić information content (AvgIpc) is 2.26. The monoisotopic (exact) mass is 188 g/mol. The van der Waals surface area contributed by atoms with Crippen LogP contribution < -0.4 is 0 Å². The first-order valence-electron chi connectivity index (χ1n) is 4.88. The zero-order valence-corrected chi connectivity index (χ0v) is 8.48. The lowest BCUT2D eigenvalue weighted by Gasteiger charge is -2.20. The van der Waals surface area contributed by atoms with E-state index in [-0.39, 0.29) is 18.4 Å². The molecule has 0 aliphatic heterocycles. The fourth-order valence-corrected chi connectivity index (χ4v) is 1.60. The molecule has 0 aromatic heterocycles. The molecule has 0 saturated heterocycles. The van der Waals surface area contributed by atoms with Crippen LogP contribution in [0.1, 0.15) is 24.8 Å². The minimum atomic E-state index is 0.182. The summed E-state index contributed by atoms with van der Waals surface area (Å²) in [7, 11) is 0. The van der Waals surface area contributed by atoms with Crippen LogP contribution in [0, 0.1) is 18.3 Å². The number of hydrogen-bond acceptors (Lipinski definition) is 1. The third kappa shape index (κ3) is 2.61. The van der Waals surface area contributed by atoms with Crippen LogP contribution in [-0.2, 0) is 0 Å². The van der Waals surface area contributed by atoms with Crippen molar-refractivity contribution >= 4 is 0 Å². The highest BCUT2D eigenvalue weighted by Gasteiger charge is 2.16. The smallest absolute Gasteiger partial charge is 0.0462 e. The van der Waals surface area contributed by atoms with E-state index in [1.165, 1.54) is 5.56 Å². The number of hydrogen-bond donors (Lipinski definition) is 1. The maximum Gasteiger partial charge on any atom is 0.0462 e. The highest BCUT2D eigenvalue weighted by Crippen LogP contribution is 2.27. The van der Waals surface area contributed by atoms with Crippen LogP contribution in [0.4, 0.5) is 0 Å². The molecule has 0 amide bonds. The zero-order valence-electron chi connectivity index (χ0n) is 8.48. The molecule has 0 unspecified atom stereocenters. The summed E-state index contributed by atoms with van der Waals surface area (Å²) in [6.07, 6.45) is 6.01. The Labute approximate surface area is 85.8 Å². The summed E-state index contributed by atoms with van der Waals surface area (Å²) in [5, 5.41) is 9.12. The van der Waals surface area contributed by atoms with Gasteiger partial charge >= 0.3 is 0 Å². The summed E-state index contributed by atoms with van der Waals surface area (Å²) in [5.41, 5.74) is 1.21. The third-order valence-corrected chi connectivity index (χ3v) is 2.54. The lowest BCUT2D eigenvalue weighted by atomic mass is 9.85. The van der Waals surface area contributed by atoms with Gasteiger partial charge in [0.15, 0.2) is 0 Å². The van der Waals surface area contributed by atoms with Crippen molar-refractivity contribution in [3.8, 4) is 12.3 Å². The van der Waals surface area contributed by atoms with Gasteiger partial charge in [-0.2, -0.15) is 0 Å². The van der Waals surface area contributed by atoms with Gasteiger partial charge in [-0.3, -0.25) is 0 Å². The maximum absolute atomic E-state index is 9.12. The Bertz CT molecular complexity index is 297. The van der Waals surface area contributed by atoms with Gasteiger partial charge in [-0.1, -0.05) is 37.3 Å². The molecular formula is C13H16O. The van der Waals surface area contributed by atoms with Gasteiger partial charge in [0.2, 0.25) is 0 Å². The van der Waals surface area contributed by atoms with Crippen molar-refractivity contribution in [3.05, 3.63) is 35.9 Å². The van der Waals surface area contributed by atoms with Crippen molar-refractivity contribution in [1.29, 1.82) is 0 Å². The SMILES string of the molecule is C#CC[C@H](c1ccccc1)[C@@H](C)CO. The molecular weight excluding hydrogens is 172 g/mol. The molecule has 0 heterocycles. The Morgan fingerprint density at radius 2 is 2.00 bits per heavy atom. The van der Waals surface area contributed by atoms with Crippen molar-refractivity contribution in [2.75, 3.05) is 6.61 Å². The Kier molecular flexibility index (Phi) is 4.22. The summed E-state index contributed by atoms with van der Waals surface area (Å²) in [4.78, 5) is 0. The highest BCUT2D eigenvalue weighted by molar-refractivity contribution is 5.21. The van der Waals surface area contributed by atoms with Crippen molar-refractivity contribution in [2.24, 2.45) is 5.92 Å². The summed E-state index contributed by atoms with van der Waals surface area (Å²) < 4.78 is 0. The molecule has 0 fully saturated rings. The molecule has 1 rings (SSSR count). The van der Waals surface area contributed by atoms with E-state index in [1.54, 1.807) is 0 Å². The van der Waals surface area contributed by atoms with Crippen LogP contribution in [-0.4, -0.2) is 11.7 Å². The van der Waals surface area contributed by atoms with Crippen LogP contribution in [0.15, 0.2) is 30.3 Å². The minimum absolute atomic E-state index is 0.182. The zero-order chi connectivity index (χ0) is 10.4. The number of benzene rings is 1. The van der Waals surface area contributed by atoms with Gasteiger partial charge in [0, 0.05) is 13.0 Å². The van der Waals surface area contributed by atoms with Gasteiger partial charge in [-0.15, -0.1) is 12.3 Å². The Morgan fingerprint density at radius 1 is 1.36 bits per heavy atom. The first kappa shape index (κ1) is 10.8. The van der Waals surface area contributed by atoms with Gasteiger partial charge in [0.05, 0.1) is 0 Å². The highest BCUT2D eigenvalue weighted by atomic mass is 16.3. The van der Waals surface area contributed by atoms with Crippen molar-refractivity contribution < 1.29 is 5.11 Å². The molecule has 0 spiro atoms. The van der Waals surface area contributed by atoms with Gasteiger partial charge < -0.3 is 5.11 Å². The third-order valence-electron chi connectivity index (χ3n) is 2.54. The Hall–Kier alpha value is -1.26. The molecule has 1 nitrogen and oxygen atoms in total. The molecule has 0 bridgehead atoms. The van der Waals surface area contributed by atoms with E-state index in [9.17, 15) is 0 Å². The van der Waals surface area contributed by atoms with Crippen molar-refractivity contribution in [3.63, 3.8) is 0 Å². The number of aliphatic hydroxyl groups is 1. The van der Waals surface area contributed by atoms with Crippen LogP contribution in [0.25, 0.3) is 0 Å². The van der Waals surface area contributed by atoms with E-state index in [4.69, 9.17) is 11.5 Å². The predicted molar refractivity (Wildman–Crippen MR) is 58.9 cm³/mol. The topological polar surface area (TPSA) is 20.2 Å². The molecule has 1 aromatic carbocycles. The second-order valence-corrected chi connectivity index (χ2v) is 3.59. The van der Waals surface area contributed by atoms with Gasteiger partial charge in [-0.25, -0.2) is 0 Å². The summed E-state index contributed by atoms with van der Waals surface area (Å²) in [6.45, 7) is 2.20. The summed E-state index contributed by atoms with van der Waals surface area (Å²) in [6, 6.07) is 10.1. The average molecular weight is 188 g/mol. The summed E-state index contributed by atoms with van der Waals surface area (Å²) in [5.74, 6) is 3.16. The van der Waals surface area contributed by atoms with E-state index in [1.807, 2.05) is 25.1 Å². The van der Waals surface area contributed by atoms with Gasteiger partial charge in [0.25, 0.3) is 0 Å². The van der Waals surface area contributed by atoms with Crippen LogP contribution in [0.2, 0.25) is 0 Å². The molecule has 14 heavy (non-hydrogen) atoms. The van der Waals surface area contributed by atoms with Crippen molar-refractivity contribution in [2.45, 2.75) is 19.3 Å². The Balaban J connectivity index is 2.84. The largest absolute Gasteiger partial charge is 0.396 e. The standard InChI is InChI=1S/C13H16O/c1-3-7-13(11(2)10-14)12-8-5-4-6-9-12/h1,4-6,8-9,11,13-14H,7,10H2,2H3/t11-,13-/m0/s1. The van der Waals surface area contributed by atoms with Crippen LogP contribution >= 0.6 is 0 Å². The predicted octanol–water partition coefficient (Wildman–Crippen LogP) is 2.42. The van der Waals surface area contributed by atoms with E-state index < -0.39 is 0 Å². The lowest BCUT2D eigenvalue weighted by Crippen LogP contribution is -2.13. The number of terminal acetylenes is 1. The molecule has 0 aliphatic rings. The fraction of sp³-hybridized carbons (Fsp3) is 0.385. The molecule has 0 saturated carbocycles. The number of rotatable bonds is 4. The lowest BCUT2D eigenvalue weighted by molar-refractivity contribution is 0.216. The van der Waals surface area contributed by atoms with E-state index in [0.29, 0.717) is 6.42 Å². The first-order chi connectivity index (χ1) is 6.79. The molecule has 1 heteroatoms. The van der Waals surface area contributed by atoms with Crippen LogP contribution in [0.3, 0.4) is 0 Å². The Morgan fingerprint density at radius 3 is 2.50 bits per heavy atom. The van der Waals surface area contributed by atoms with Crippen molar-refractivity contribution in [1.82, 2.24) is 0 Å². The van der Waals surface area contributed by atoms with Gasteiger partial charge in [0.1, 0.15) is 0 Å². The molecule has 0 aliphatic carbocycles.